The Kier molecular flexibility index (Phi) is 31.9. The smallest absolute Gasteiger partial charge is 0.109 e. The Morgan fingerprint density at radius 1 is 0.471 bits per heavy atom. The number of aromatic nitrogens is 10. The van der Waals surface area contributed by atoms with Crippen molar-refractivity contribution in [1.82, 2.24) is 47.8 Å². The van der Waals surface area contributed by atoms with Gasteiger partial charge in [-0.2, -0.15) is 0 Å². The van der Waals surface area contributed by atoms with Crippen LogP contribution in [-0.2, 0) is 67.5 Å². The molecule has 0 bridgehead atoms. The van der Waals surface area contributed by atoms with Gasteiger partial charge >= 0.3 is 0 Å². The predicted octanol–water partition coefficient (Wildman–Crippen LogP) is 13.7. The second kappa shape index (κ2) is 30.0. The summed E-state index contributed by atoms with van der Waals surface area (Å²) in [5.74, 6) is 2.33. The predicted molar refractivity (Wildman–Crippen MR) is 292 cm³/mol. The highest BCUT2D eigenvalue weighted by atomic mass is 16.5. The average molecular weight is 956 g/mol. The summed E-state index contributed by atoms with van der Waals surface area (Å²) in [6.07, 6.45) is 18.4. The van der Waals surface area contributed by atoms with Gasteiger partial charge in [0.15, 0.2) is 0 Å². The minimum Gasteiger partial charge on any atom is -0.372 e. The lowest BCUT2D eigenvalue weighted by Gasteiger charge is -2.32. The second-order valence-electron chi connectivity index (χ2n) is 20.1. The number of aryl methyl sites for hydroxylation is 5. The normalized spacial score (nSPS) is 13.5. The van der Waals surface area contributed by atoms with Crippen LogP contribution in [0, 0.1) is 29.6 Å². The van der Waals surface area contributed by atoms with Gasteiger partial charge in [0.25, 0.3) is 0 Å². The van der Waals surface area contributed by atoms with Crippen LogP contribution in [0.4, 0.5) is 0 Å². The van der Waals surface area contributed by atoms with Crippen LogP contribution >= 0.6 is 0 Å². The molecule has 3 unspecified atom stereocenters. The van der Waals surface area contributed by atoms with E-state index in [1.165, 1.54) is 11.4 Å². The van der Waals surface area contributed by atoms with Crippen LogP contribution in [0.5, 0.6) is 0 Å². The first-order valence-corrected chi connectivity index (χ1v) is 22.2. The van der Waals surface area contributed by atoms with Crippen LogP contribution in [0.1, 0.15) is 183 Å². The monoisotopic (exact) mass is 955 g/mol. The zero-order valence-electron chi connectivity index (χ0n) is 43.5. The van der Waals surface area contributed by atoms with Crippen molar-refractivity contribution < 1.29 is 4.74 Å². The Bertz CT molecular complexity index is 1980. The van der Waals surface area contributed by atoms with Gasteiger partial charge in [0.2, 0.25) is 0 Å². The molecule has 0 radical (unpaired) electrons. The molecule has 5 heterocycles. The second-order valence-corrected chi connectivity index (χ2v) is 20.1. The Labute approximate surface area is 417 Å². The molecule has 2 N–H and O–H groups in total. The maximum Gasteiger partial charge on any atom is 0.109 e. The molecule has 0 saturated carbocycles. The summed E-state index contributed by atoms with van der Waals surface area (Å²) in [7, 11) is 11.7. The van der Waals surface area contributed by atoms with E-state index in [0.29, 0.717) is 23.7 Å². The fraction of sp³-hybridized carbons (Fsp3) is 0.717. The maximum absolute atomic E-state index is 8.57. The van der Waals surface area contributed by atoms with Crippen LogP contribution in [0.3, 0.4) is 0 Å². The molecular weight excluding hydrogens is 849 g/mol. The summed E-state index contributed by atoms with van der Waals surface area (Å²) < 4.78 is 15.6. The summed E-state index contributed by atoms with van der Waals surface area (Å²) in [5, 5.41) is 3.88. The number of ether oxygens (including phenoxy) is 1. The molecule has 5 aromatic heterocycles. The van der Waals surface area contributed by atoms with Crippen LogP contribution in [0.2, 0.25) is 0 Å². The fourth-order valence-corrected chi connectivity index (χ4v) is 6.59. The Balaban J connectivity index is -0.000000239. The van der Waals surface area contributed by atoms with Crippen molar-refractivity contribution in [2.45, 2.75) is 182 Å². The molecular formula is C53H106N14O. The van der Waals surface area contributed by atoms with Gasteiger partial charge in [-0.15, -0.1) is 0 Å². The molecule has 3 atom stereocenters. The number of imidazole rings is 5. The highest BCUT2D eigenvalue weighted by Gasteiger charge is 2.34. The molecule has 15 heteroatoms. The molecule has 0 aromatic carbocycles. The minimum atomic E-state index is -0.528. The third kappa shape index (κ3) is 17.7. The van der Waals surface area contributed by atoms with E-state index < -0.39 is 5.54 Å². The number of nitrogens with two attached hydrogens (primary N) is 1. The standard InChI is InChI=1S/C10H18N2O.2C10H18N2.C9H15N5.C9H17N3.5CH4/c1-8(2)10(3,13-5)9-6-11-7-12(9)4;2*1-8(2)10(3,4)9-6-11-7-12(9)5;1-7(2)9(3,12-13-10)8-5-11-6-14(8)4;1-7(2)9(3,10)8-5-11-6-12(8)4;;;;;/h6-8H,1-5H3;2*6-8H,1-5H3;5-7H,1-4H3;5-7H,10H2,1-4H3;5*1H4. The Hall–Kier alpha value is -4.72. The van der Waals surface area contributed by atoms with Crippen molar-refractivity contribution in [1.29, 1.82) is 0 Å². The van der Waals surface area contributed by atoms with E-state index >= 15 is 0 Å². The number of azide groups is 1. The lowest BCUT2D eigenvalue weighted by Crippen LogP contribution is -2.40. The fourth-order valence-electron chi connectivity index (χ4n) is 6.59. The van der Waals surface area contributed by atoms with Crippen molar-refractivity contribution in [3.8, 4) is 0 Å². The van der Waals surface area contributed by atoms with Crippen LogP contribution in [-0.4, -0.2) is 54.9 Å². The van der Waals surface area contributed by atoms with Gasteiger partial charge in [0.1, 0.15) is 5.60 Å². The molecule has 0 amide bonds. The third-order valence-electron chi connectivity index (χ3n) is 14.0. The van der Waals surface area contributed by atoms with E-state index in [1.807, 2.05) is 114 Å². The number of hydrogen-bond donors (Lipinski definition) is 1. The van der Waals surface area contributed by atoms with Gasteiger partial charge < -0.3 is 33.3 Å². The van der Waals surface area contributed by atoms with Gasteiger partial charge in [0.05, 0.1) is 60.3 Å². The zero-order valence-corrected chi connectivity index (χ0v) is 43.5. The first-order chi connectivity index (χ1) is 28.9. The molecule has 0 aliphatic heterocycles. The molecule has 5 aromatic rings. The summed E-state index contributed by atoms with van der Waals surface area (Å²) in [6.45, 7) is 36.7. The molecule has 0 fully saturated rings. The highest BCUT2D eigenvalue weighted by molar-refractivity contribution is 5.16. The Morgan fingerprint density at radius 3 is 0.956 bits per heavy atom. The van der Waals surface area contributed by atoms with Gasteiger partial charge in [-0.25, -0.2) is 24.9 Å². The molecule has 0 aliphatic carbocycles. The van der Waals surface area contributed by atoms with Crippen LogP contribution < -0.4 is 5.73 Å². The van der Waals surface area contributed by atoms with E-state index in [4.69, 9.17) is 16.0 Å². The van der Waals surface area contributed by atoms with Crippen molar-refractivity contribution in [3.05, 3.63) is 102 Å². The summed E-state index contributed by atoms with van der Waals surface area (Å²) >= 11 is 0. The van der Waals surface area contributed by atoms with E-state index in [1.54, 1.807) is 32.3 Å². The molecule has 0 spiro atoms. The van der Waals surface area contributed by atoms with Gasteiger partial charge in [0, 0.05) is 100.0 Å². The SMILES string of the molecule is C.C.C.C.C.CC(C)C(C)(C)c1cncn1C.CC(C)C(C)(C)c1cncn1C.CC(C)C(C)(N)c1cncn1C.CC(C)C(C)(N=[N+]=[N-])c1cncn1C.COC(C)(c1cncn1C)C(C)C. The third-order valence-corrected chi connectivity index (χ3v) is 14.0. The van der Waals surface area contributed by atoms with Crippen molar-refractivity contribution in [2.24, 2.45) is 75.7 Å². The molecule has 0 aliphatic rings. The number of nitrogens with zero attached hydrogens (tertiary/aromatic N) is 13. The van der Waals surface area contributed by atoms with Crippen molar-refractivity contribution in [3.63, 3.8) is 0 Å². The largest absolute Gasteiger partial charge is 0.372 e. The molecule has 15 nitrogen and oxygen atoms in total. The average Bonchev–Trinajstić information content (AvgIpc) is 4.06. The summed E-state index contributed by atoms with van der Waals surface area (Å²) in [5.41, 5.74) is 19.8. The molecule has 68 heavy (non-hydrogen) atoms. The van der Waals surface area contributed by atoms with Crippen molar-refractivity contribution >= 4 is 0 Å². The summed E-state index contributed by atoms with van der Waals surface area (Å²) in [4.78, 5) is 23.4. The summed E-state index contributed by atoms with van der Waals surface area (Å²) in [6, 6.07) is 0. The van der Waals surface area contributed by atoms with E-state index in [-0.39, 0.29) is 65.0 Å². The lowest BCUT2D eigenvalue weighted by molar-refractivity contribution is -0.0428. The quantitative estimate of drug-likeness (QED) is 0.0736. The first kappa shape index (κ1) is 72.3. The minimum absolute atomic E-state index is 0. The molecule has 5 rings (SSSR count). The zero-order chi connectivity index (χ0) is 48.9. The van der Waals surface area contributed by atoms with Gasteiger partial charge in [-0.1, -0.05) is 139 Å². The number of rotatable bonds is 12. The molecule has 0 saturated heterocycles. The van der Waals surface area contributed by atoms with E-state index in [2.05, 4.69) is 134 Å². The highest BCUT2D eigenvalue weighted by Crippen LogP contribution is 2.34. The van der Waals surface area contributed by atoms with E-state index in [9.17, 15) is 0 Å². The molecule has 394 valence electrons. The number of hydrogen-bond acceptors (Lipinski definition) is 8. The lowest BCUT2D eigenvalue weighted by atomic mass is 9.78. The Morgan fingerprint density at radius 2 is 0.750 bits per heavy atom. The van der Waals surface area contributed by atoms with Gasteiger partial charge in [-0.05, 0) is 55.9 Å². The van der Waals surface area contributed by atoms with Crippen LogP contribution in [0.25, 0.3) is 10.4 Å². The first-order valence-electron chi connectivity index (χ1n) is 22.2. The number of methoxy groups -OCH3 is 1. The topological polar surface area (TPSA) is 173 Å². The van der Waals surface area contributed by atoms with E-state index in [0.717, 1.165) is 17.1 Å². The van der Waals surface area contributed by atoms with Crippen molar-refractivity contribution in [2.75, 3.05) is 7.11 Å². The maximum atomic E-state index is 8.57. The van der Waals surface area contributed by atoms with Crippen LogP contribution in [0.15, 0.2) is 67.7 Å². The van der Waals surface area contributed by atoms with Gasteiger partial charge in [-0.3, -0.25) is 0 Å².